The normalized spacial score (nSPS) is 20.3. The van der Waals surface area contributed by atoms with Gasteiger partial charge in [0.2, 0.25) is 0 Å². The van der Waals surface area contributed by atoms with Crippen LogP contribution in [0.25, 0.3) is 0 Å². The number of likely N-dealkylation sites (N-methyl/N-ethyl adjacent to an activating group) is 1. The fourth-order valence-electron chi connectivity index (χ4n) is 1.88. The standard InChI is InChI=1S/C12H23NO2/c1-10(14-3)6-7-12(13-2)11-5-4-8-15-9-11/h9-10,12-13H,4-8H2,1-3H3. The van der Waals surface area contributed by atoms with Crippen molar-refractivity contribution < 1.29 is 9.47 Å². The second kappa shape index (κ2) is 6.85. The number of hydrogen-bond donors (Lipinski definition) is 1. The van der Waals surface area contributed by atoms with Crippen molar-refractivity contribution in [3.8, 4) is 0 Å². The van der Waals surface area contributed by atoms with Crippen LogP contribution in [-0.4, -0.2) is 32.9 Å². The molecule has 15 heavy (non-hydrogen) atoms. The maximum atomic E-state index is 5.36. The fraction of sp³-hybridized carbons (Fsp3) is 0.833. The third kappa shape index (κ3) is 4.22. The van der Waals surface area contributed by atoms with Gasteiger partial charge in [-0.15, -0.1) is 0 Å². The second-order valence-corrected chi connectivity index (χ2v) is 4.13. The summed E-state index contributed by atoms with van der Waals surface area (Å²) in [6.07, 6.45) is 6.77. The molecule has 1 rings (SSSR count). The molecule has 0 aromatic carbocycles. The van der Waals surface area contributed by atoms with E-state index < -0.39 is 0 Å². The summed E-state index contributed by atoms with van der Waals surface area (Å²) in [5.41, 5.74) is 1.40. The van der Waals surface area contributed by atoms with Gasteiger partial charge >= 0.3 is 0 Å². The minimum atomic E-state index is 0.339. The molecule has 2 unspecified atom stereocenters. The summed E-state index contributed by atoms with van der Waals surface area (Å²) in [6, 6.07) is 0.447. The molecule has 0 saturated heterocycles. The smallest absolute Gasteiger partial charge is 0.0876 e. The molecule has 0 radical (unpaired) electrons. The van der Waals surface area contributed by atoms with Gasteiger partial charge in [-0.25, -0.2) is 0 Å². The van der Waals surface area contributed by atoms with Gasteiger partial charge in [-0.3, -0.25) is 0 Å². The molecule has 0 spiro atoms. The van der Waals surface area contributed by atoms with Gasteiger partial charge in [0.1, 0.15) is 0 Å². The summed E-state index contributed by atoms with van der Waals surface area (Å²) in [4.78, 5) is 0. The van der Waals surface area contributed by atoms with Gasteiger partial charge in [0.25, 0.3) is 0 Å². The predicted octanol–water partition coefficient (Wildman–Crippen LogP) is 2.08. The molecule has 3 heteroatoms. The van der Waals surface area contributed by atoms with Crippen LogP contribution in [0.1, 0.15) is 32.6 Å². The zero-order valence-corrected chi connectivity index (χ0v) is 10.1. The maximum absolute atomic E-state index is 5.36. The van der Waals surface area contributed by atoms with Crippen molar-refractivity contribution in [2.24, 2.45) is 0 Å². The Morgan fingerprint density at radius 2 is 2.33 bits per heavy atom. The SMILES string of the molecule is CNC(CCC(C)OC)C1=COCCC1. The Kier molecular flexibility index (Phi) is 5.73. The van der Waals surface area contributed by atoms with E-state index in [1.165, 1.54) is 5.57 Å². The van der Waals surface area contributed by atoms with Gasteiger partial charge in [0.15, 0.2) is 0 Å². The highest BCUT2D eigenvalue weighted by atomic mass is 16.5. The first kappa shape index (κ1) is 12.5. The molecule has 1 aliphatic rings. The van der Waals surface area contributed by atoms with Crippen LogP contribution in [0.15, 0.2) is 11.8 Å². The quantitative estimate of drug-likeness (QED) is 0.733. The molecule has 0 aromatic rings. The van der Waals surface area contributed by atoms with Gasteiger partial charge in [-0.1, -0.05) is 0 Å². The summed E-state index contributed by atoms with van der Waals surface area (Å²) in [6.45, 7) is 2.98. The Balaban J connectivity index is 2.37. The maximum Gasteiger partial charge on any atom is 0.0876 e. The molecule has 1 heterocycles. The van der Waals surface area contributed by atoms with Gasteiger partial charge in [-0.2, -0.15) is 0 Å². The highest BCUT2D eigenvalue weighted by Crippen LogP contribution is 2.19. The van der Waals surface area contributed by atoms with E-state index in [0.29, 0.717) is 12.1 Å². The van der Waals surface area contributed by atoms with E-state index in [9.17, 15) is 0 Å². The number of hydrogen-bond acceptors (Lipinski definition) is 3. The minimum absolute atomic E-state index is 0.339. The first-order valence-electron chi connectivity index (χ1n) is 5.78. The van der Waals surface area contributed by atoms with E-state index >= 15 is 0 Å². The minimum Gasteiger partial charge on any atom is -0.501 e. The van der Waals surface area contributed by atoms with Crippen LogP contribution in [-0.2, 0) is 9.47 Å². The van der Waals surface area contributed by atoms with Crippen LogP contribution in [0.4, 0.5) is 0 Å². The average Bonchev–Trinajstić information content (AvgIpc) is 2.31. The lowest BCUT2D eigenvalue weighted by Gasteiger charge is -2.23. The molecule has 88 valence electrons. The van der Waals surface area contributed by atoms with E-state index in [1.54, 1.807) is 7.11 Å². The number of methoxy groups -OCH3 is 1. The highest BCUT2D eigenvalue weighted by molar-refractivity contribution is 5.09. The van der Waals surface area contributed by atoms with Gasteiger partial charge in [-0.05, 0) is 45.2 Å². The third-order valence-electron chi connectivity index (χ3n) is 3.02. The molecule has 0 amide bonds. The Bertz CT molecular complexity index is 204. The summed E-state index contributed by atoms with van der Waals surface area (Å²) in [5.74, 6) is 0. The third-order valence-corrected chi connectivity index (χ3v) is 3.02. The lowest BCUT2D eigenvalue weighted by atomic mass is 9.97. The van der Waals surface area contributed by atoms with Crippen molar-refractivity contribution in [1.82, 2.24) is 5.32 Å². The highest BCUT2D eigenvalue weighted by Gasteiger charge is 2.16. The molecule has 0 aromatic heterocycles. The van der Waals surface area contributed by atoms with E-state index in [-0.39, 0.29) is 0 Å². The summed E-state index contributed by atoms with van der Waals surface area (Å²) < 4.78 is 10.6. The van der Waals surface area contributed by atoms with Crippen molar-refractivity contribution in [1.29, 1.82) is 0 Å². The zero-order chi connectivity index (χ0) is 11.1. The lowest BCUT2D eigenvalue weighted by Crippen LogP contribution is -2.30. The monoisotopic (exact) mass is 213 g/mol. The molecule has 1 N–H and O–H groups in total. The largest absolute Gasteiger partial charge is 0.501 e. The van der Waals surface area contributed by atoms with Crippen molar-refractivity contribution in [2.45, 2.75) is 44.8 Å². The van der Waals surface area contributed by atoms with Gasteiger partial charge in [0, 0.05) is 13.2 Å². The van der Waals surface area contributed by atoms with Crippen LogP contribution < -0.4 is 5.32 Å². The second-order valence-electron chi connectivity index (χ2n) is 4.13. The Morgan fingerprint density at radius 3 is 2.87 bits per heavy atom. The van der Waals surface area contributed by atoms with E-state index in [2.05, 4.69) is 12.2 Å². The van der Waals surface area contributed by atoms with E-state index in [0.717, 1.165) is 32.3 Å². The first-order chi connectivity index (χ1) is 7.27. The fourth-order valence-corrected chi connectivity index (χ4v) is 1.88. The Hall–Kier alpha value is -0.540. The van der Waals surface area contributed by atoms with E-state index in [4.69, 9.17) is 9.47 Å². The Labute approximate surface area is 92.8 Å². The van der Waals surface area contributed by atoms with Crippen molar-refractivity contribution in [3.05, 3.63) is 11.8 Å². The topological polar surface area (TPSA) is 30.5 Å². The molecule has 0 bridgehead atoms. The zero-order valence-electron chi connectivity index (χ0n) is 10.1. The van der Waals surface area contributed by atoms with Crippen LogP contribution in [0.3, 0.4) is 0 Å². The molecule has 2 atom stereocenters. The summed E-state index contributed by atoms with van der Waals surface area (Å²) in [7, 11) is 3.78. The molecular weight excluding hydrogens is 190 g/mol. The Morgan fingerprint density at radius 1 is 1.53 bits per heavy atom. The lowest BCUT2D eigenvalue weighted by molar-refractivity contribution is 0.107. The number of ether oxygens (including phenoxy) is 2. The van der Waals surface area contributed by atoms with Crippen LogP contribution in [0.5, 0.6) is 0 Å². The molecular formula is C12H23NO2. The molecule has 1 aliphatic heterocycles. The van der Waals surface area contributed by atoms with E-state index in [1.807, 2.05) is 13.3 Å². The average molecular weight is 213 g/mol. The van der Waals surface area contributed by atoms with Crippen LogP contribution in [0.2, 0.25) is 0 Å². The van der Waals surface area contributed by atoms with Crippen molar-refractivity contribution >= 4 is 0 Å². The predicted molar refractivity (Wildman–Crippen MR) is 61.8 cm³/mol. The van der Waals surface area contributed by atoms with Crippen molar-refractivity contribution in [3.63, 3.8) is 0 Å². The summed E-state index contributed by atoms with van der Waals surface area (Å²) in [5, 5.41) is 3.35. The number of nitrogens with one attached hydrogen (secondary N) is 1. The molecule has 0 fully saturated rings. The van der Waals surface area contributed by atoms with Crippen LogP contribution in [0, 0.1) is 0 Å². The van der Waals surface area contributed by atoms with Crippen molar-refractivity contribution in [2.75, 3.05) is 20.8 Å². The first-order valence-corrected chi connectivity index (χ1v) is 5.78. The van der Waals surface area contributed by atoms with Gasteiger partial charge < -0.3 is 14.8 Å². The van der Waals surface area contributed by atoms with Crippen LogP contribution >= 0.6 is 0 Å². The molecule has 0 saturated carbocycles. The number of rotatable bonds is 6. The summed E-state index contributed by atoms with van der Waals surface area (Å²) >= 11 is 0. The van der Waals surface area contributed by atoms with Gasteiger partial charge in [0.05, 0.1) is 19.0 Å². The molecule has 3 nitrogen and oxygen atoms in total. The molecule has 0 aliphatic carbocycles.